The summed E-state index contributed by atoms with van der Waals surface area (Å²) in [7, 11) is 0. The molecule has 0 unspecified atom stereocenters. The lowest BCUT2D eigenvalue weighted by Crippen LogP contribution is -2.13. The van der Waals surface area contributed by atoms with E-state index in [1.807, 2.05) is 0 Å². The number of hydrogen-bond donors (Lipinski definition) is 2. The molecule has 3 rings (SSSR count). The van der Waals surface area contributed by atoms with E-state index in [0.29, 0.717) is 39.1 Å². The Bertz CT molecular complexity index is 1090. The zero-order valence-electron chi connectivity index (χ0n) is 16.4. The van der Waals surface area contributed by atoms with E-state index in [1.54, 1.807) is 13.8 Å². The van der Waals surface area contributed by atoms with Gasteiger partial charge in [0.2, 0.25) is 5.16 Å². The number of nitrogens with two attached hydrogens (primary N) is 1. The largest absolute Gasteiger partial charge is 0.435 e. The third kappa shape index (κ3) is 4.35. The van der Waals surface area contributed by atoms with Crippen LogP contribution in [0.15, 0.2) is 29.4 Å². The van der Waals surface area contributed by atoms with Gasteiger partial charge in [-0.05, 0) is 50.6 Å². The first-order valence-electron chi connectivity index (χ1n) is 8.80. The first-order chi connectivity index (χ1) is 14.2. The molecule has 0 aliphatic heterocycles. The van der Waals surface area contributed by atoms with Gasteiger partial charge in [-0.2, -0.15) is 8.78 Å². The van der Waals surface area contributed by atoms with Gasteiger partial charge in [-0.15, -0.1) is 10.2 Å². The van der Waals surface area contributed by atoms with E-state index in [1.165, 1.54) is 35.9 Å². The highest BCUT2D eigenvalue weighted by molar-refractivity contribution is 7.99. The minimum Gasteiger partial charge on any atom is -0.435 e. The van der Waals surface area contributed by atoms with Gasteiger partial charge < -0.3 is 15.6 Å². The molecule has 0 spiro atoms. The van der Waals surface area contributed by atoms with Crippen molar-refractivity contribution in [2.75, 3.05) is 11.6 Å². The quantitative estimate of drug-likeness (QED) is 0.316. The number of halogens is 2. The second-order valence-corrected chi connectivity index (χ2v) is 7.41. The van der Waals surface area contributed by atoms with Crippen molar-refractivity contribution in [2.24, 2.45) is 0 Å². The maximum absolute atomic E-state index is 12.6. The van der Waals surface area contributed by atoms with Crippen LogP contribution in [0.4, 0.5) is 8.78 Å². The Kier molecular flexibility index (Phi) is 6.20. The number of H-pyrrole nitrogens is 1. The van der Waals surface area contributed by atoms with E-state index in [0.717, 1.165) is 11.8 Å². The van der Waals surface area contributed by atoms with E-state index >= 15 is 0 Å². The molecule has 3 N–H and O–H groups in total. The van der Waals surface area contributed by atoms with Gasteiger partial charge in [0.05, 0.1) is 11.4 Å². The smallest absolute Gasteiger partial charge is 0.387 e. The second-order valence-electron chi connectivity index (χ2n) is 6.47. The van der Waals surface area contributed by atoms with E-state index in [2.05, 4.69) is 19.9 Å². The van der Waals surface area contributed by atoms with Crippen LogP contribution in [-0.2, 0) is 0 Å². The average molecular weight is 435 g/mol. The van der Waals surface area contributed by atoms with Crippen molar-refractivity contribution in [3.05, 3.63) is 46.8 Å². The average Bonchev–Trinajstić information content (AvgIpc) is 3.19. The third-order valence-corrected chi connectivity index (χ3v) is 5.35. The summed E-state index contributed by atoms with van der Waals surface area (Å²) in [4.78, 5) is 27.3. The Labute approximate surface area is 174 Å². The molecule has 0 aliphatic carbocycles. The van der Waals surface area contributed by atoms with E-state index in [4.69, 9.17) is 5.84 Å². The van der Waals surface area contributed by atoms with Gasteiger partial charge in [-0.25, -0.2) is 4.68 Å². The SMILES string of the molecule is CC(=O)c1c(C)[nH]c(C(=O)CSc2nnc(-c3ccc(OC(F)F)cc3)n2N)c1C. The van der Waals surface area contributed by atoms with Crippen LogP contribution in [0, 0.1) is 13.8 Å². The number of hydrogen-bond acceptors (Lipinski definition) is 7. The van der Waals surface area contributed by atoms with Crippen LogP contribution in [0.3, 0.4) is 0 Å². The molecule has 0 fully saturated rings. The van der Waals surface area contributed by atoms with Gasteiger partial charge in [0.1, 0.15) is 5.75 Å². The predicted molar refractivity (Wildman–Crippen MR) is 108 cm³/mol. The highest BCUT2D eigenvalue weighted by atomic mass is 32.2. The summed E-state index contributed by atoms with van der Waals surface area (Å²) in [5, 5.41) is 8.29. The molecule has 2 heterocycles. The number of aryl methyl sites for hydroxylation is 1. The van der Waals surface area contributed by atoms with Gasteiger partial charge in [0, 0.05) is 16.8 Å². The number of alkyl halides is 2. The normalized spacial score (nSPS) is 11.1. The molecular formula is C19H19F2N5O3S. The fourth-order valence-corrected chi connectivity index (χ4v) is 3.85. The van der Waals surface area contributed by atoms with Crippen molar-refractivity contribution >= 4 is 23.3 Å². The fourth-order valence-electron chi connectivity index (χ4n) is 3.12. The number of ketones is 2. The molecule has 0 saturated heterocycles. The Morgan fingerprint density at radius 2 is 1.90 bits per heavy atom. The Hall–Kier alpha value is -3.21. The van der Waals surface area contributed by atoms with Crippen molar-refractivity contribution in [1.29, 1.82) is 0 Å². The number of carbonyl (C=O) groups excluding carboxylic acids is 2. The molecule has 11 heteroatoms. The summed E-state index contributed by atoms with van der Waals surface area (Å²) in [6.45, 7) is 2.02. The number of carbonyl (C=O) groups is 2. The Morgan fingerprint density at radius 3 is 2.47 bits per heavy atom. The highest BCUT2D eigenvalue weighted by Crippen LogP contribution is 2.26. The minimum absolute atomic E-state index is 0.0126. The van der Waals surface area contributed by atoms with Crippen LogP contribution in [0.2, 0.25) is 0 Å². The third-order valence-electron chi connectivity index (χ3n) is 4.40. The minimum atomic E-state index is -2.91. The number of aromatic amines is 1. The van der Waals surface area contributed by atoms with Crippen molar-refractivity contribution in [2.45, 2.75) is 32.5 Å². The molecule has 1 aromatic carbocycles. The molecule has 2 aromatic heterocycles. The molecule has 0 amide bonds. The first-order valence-corrected chi connectivity index (χ1v) is 9.79. The molecule has 0 saturated carbocycles. The lowest BCUT2D eigenvalue weighted by atomic mass is 10.1. The number of rotatable bonds is 8. The van der Waals surface area contributed by atoms with Crippen LogP contribution in [0.5, 0.6) is 5.75 Å². The van der Waals surface area contributed by atoms with E-state index < -0.39 is 6.61 Å². The van der Waals surface area contributed by atoms with Crippen molar-refractivity contribution in [3.8, 4) is 17.1 Å². The van der Waals surface area contributed by atoms with Crippen LogP contribution >= 0.6 is 11.8 Å². The monoisotopic (exact) mass is 435 g/mol. The molecule has 30 heavy (non-hydrogen) atoms. The predicted octanol–water partition coefficient (Wildman–Crippen LogP) is 3.38. The maximum atomic E-state index is 12.6. The van der Waals surface area contributed by atoms with Crippen LogP contribution < -0.4 is 10.6 Å². The standard InChI is InChI=1S/C19H19F2N5O3S/c1-9-15(11(3)27)10(2)23-16(9)14(28)8-30-19-25-24-17(26(19)22)12-4-6-13(7-5-12)29-18(20)21/h4-7,18,23H,8,22H2,1-3H3. The number of Topliss-reactive ketones (excluding diaryl/α,β-unsaturated/α-hetero) is 2. The lowest BCUT2D eigenvalue weighted by molar-refractivity contribution is -0.0498. The number of thioether (sulfide) groups is 1. The van der Waals surface area contributed by atoms with Crippen molar-refractivity contribution < 1.29 is 23.1 Å². The van der Waals surface area contributed by atoms with Gasteiger partial charge in [-0.1, -0.05) is 11.8 Å². The number of nitrogens with one attached hydrogen (secondary N) is 1. The maximum Gasteiger partial charge on any atom is 0.387 e. The molecule has 0 aliphatic rings. The lowest BCUT2D eigenvalue weighted by Gasteiger charge is -2.06. The van der Waals surface area contributed by atoms with Crippen molar-refractivity contribution in [3.63, 3.8) is 0 Å². The highest BCUT2D eigenvalue weighted by Gasteiger charge is 2.21. The number of nitrogen functional groups attached to an aromatic ring is 1. The summed E-state index contributed by atoms with van der Waals surface area (Å²) in [5.41, 5.74) is 2.71. The van der Waals surface area contributed by atoms with Gasteiger partial charge in [-0.3, -0.25) is 9.59 Å². The van der Waals surface area contributed by atoms with Gasteiger partial charge in [0.15, 0.2) is 17.4 Å². The Morgan fingerprint density at radius 1 is 1.23 bits per heavy atom. The molecule has 3 aromatic rings. The molecule has 0 radical (unpaired) electrons. The van der Waals surface area contributed by atoms with Crippen LogP contribution in [-0.4, -0.2) is 43.8 Å². The zero-order chi connectivity index (χ0) is 22.0. The van der Waals surface area contributed by atoms with Gasteiger partial charge >= 0.3 is 6.61 Å². The summed E-state index contributed by atoms with van der Waals surface area (Å²) in [6, 6.07) is 5.79. The Balaban J connectivity index is 1.72. The number of aromatic nitrogens is 4. The summed E-state index contributed by atoms with van der Waals surface area (Å²) < 4.78 is 30.0. The molecule has 158 valence electrons. The van der Waals surface area contributed by atoms with E-state index in [-0.39, 0.29) is 23.1 Å². The topological polar surface area (TPSA) is 116 Å². The number of benzene rings is 1. The van der Waals surface area contributed by atoms with Crippen molar-refractivity contribution in [1.82, 2.24) is 19.9 Å². The molecule has 0 bridgehead atoms. The van der Waals surface area contributed by atoms with Crippen LogP contribution in [0.25, 0.3) is 11.4 Å². The number of nitrogens with zero attached hydrogens (tertiary/aromatic N) is 3. The van der Waals surface area contributed by atoms with E-state index in [9.17, 15) is 18.4 Å². The summed E-state index contributed by atoms with van der Waals surface area (Å²) in [6.07, 6.45) is 0. The number of ether oxygens (including phenoxy) is 1. The molecule has 8 nitrogen and oxygen atoms in total. The van der Waals surface area contributed by atoms with Gasteiger partial charge in [0.25, 0.3) is 0 Å². The first kappa shape index (κ1) is 21.5. The van der Waals surface area contributed by atoms with Crippen LogP contribution in [0.1, 0.15) is 39.0 Å². The second kappa shape index (κ2) is 8.66. The zero-order valence-corrected chi connectivity index (χ0v) is 17.2. The molecule has 0 atom stereocenters. The summed E-state index contributed by atoms with van der Waals surface area (Å²) >= 11 is 1.10. The fraction of sp³-hybridized carbons (Fsp3) is 0.263. The summed E-state index contributed by atoms with van der Waals surface area (Å²) in [5.74, 6) is 6.08. The molecular weight excluding hydrogens is 416 g/mol.